The van der Waals surface area contributed by atoms with Crippen molar-refractivity contribution in [1.82, 2.24) is 4.98 Å². The van der Waals surface area contributed by atoms with Gasteiger partial charge in [0, 0.05) is 50.6 Å². The van der Waals surface area contributed by atoms with Crippen molar-refractivity contribution in [1.29, 1.82) is 0 Å². The van der Waals surface area contributed by atoms with Crippen molar-refractivity contribution < 1.29 is 8.83 Å². The first-order valence-electron chi connectivity index (χ1n) is 19.2. The van der Waals surface area contributed by atoms with E-state index in [9.17, 15) is 0 Å². The summed E-state index contributed by atoms with van der Waals surface area (Å²) in [5.74, 6) is 0.603. The van der Waals surface area contributed by atoms with Crippen LogP contribution in [0.25, 0.3) is 88.6 Å². The number of fused-ring (bicyclic) bond motifs is 5. The fraction of sp³-hybridized carbons (Fsp3) is 0. The summed E-state index contributed by atoms with van der Waals surface area (Å²) in [6.45, 7) is 0. The SMILES string of the molecule is c1ccc(-c2nc3c(-c4ccccc4)ccc(-c4ccc(N(c5ccc(-c6ccc7ccccc7c6)cc5)c5ccc6c(c5)oc5ccccc56)cc4)c3o2)cc1. The average Bonchev–Trinajstić information content (AvgIpc) is 3.90. The Labute approximate surface area is 329 Å². The second-order valence-electron chi connectivity index (χ2n) is 14.4. The summed E-state index contributed by atoms with van der Waals surface area (Å²) in [6, 6.07) is 72.2. The van der Waals surface area contributed by atoms with Crippen molar-refractivity contribution in [2.24, 2.45) is 0 Å². The lowest BCUT2D eigenvalue weighted by Gasteiger charge is -2.26. The van der Waals surface area contributed by atoms with Crippen molar-refractivity contribution in [3.63, 3.8) is 0 Å². The Morgan fingerprint density at radius 1 is 0.351 bits per heavy atom. The zero-order valence-corrected chi connectivity index (χ0v) is 30.8. The molecule has 0 aliphatic rings. The molecule has 0 spiro atoms. The van der Waals surface area contributed by atoms with Gasteiger partial charge in [0.15, 0.2) is 5.58 Å². The van der Waals surface area contributed by atoms with Gasteiger partial charge in [-0.05, 0) is 99.8 Å². The fourth-order valence-corrected chi connectivity index (χ4v) is 8.05. The van der Waals surface area contributed by atoms with Crippen molar-refractivity contribution in [3.8, 4) is 44.8 Å². The van der Waals surface area contributed by atoms with E-state index < -0.39 is 0 Å². The number of aromatic nitrogens is 1. The molecule has 0 aliphatic carbocycles. The summed E-state index contributed by atoms with van der Waals surface area (Å²) in [6.07, 6.45) is 0. The van der Waals surface area contributed by atoms with E-state index in [0.717, 1.165) is 83.5 Å². The van der Waals surface area contributed by atoms with Gasteiger partial charge in [0.2, 0.25) is 5.89 Å². The second-order valence-corrected chi connectivity index (χ2v) is 14.4. The van der Waals surface area contributed by atoms with Crippen molar-refractivity contribution in [2.45, 2.75) is 0 Å². The first kappa shape index (κ1) is 32.7. The third kappa shape index (κ3) is 5.83. The van der Waals surface area contributed by atoms with Crippen LogP contribution in [0.5, 0.6) is 0 Å². The standard InChI is InChI=1S/C53H34N2O2/c1-3-12-37(13-4-1)45-31-32-46(52-51(45)54-53(57-52)39-14-5-2-6-15-39)38-23-27-43(28-24-38)55(44-29-30-48-47-17-9-10-18-49(47)56-50(48)34-44)42-25-21-36(22-26-42)41-20-19-35-11-7-8-16-40(35)33-41/h1-34H. The molecule has 0 unspecified atom stereocenters. The Balaban J connectivity index is 1.02. The molecule has 0 N–H and O–H groups in total. The molecular weight excluding hydrogens is 697 g/mol. The van der Waals surface area contributed by atoms with Crippen LogP contribution in [0.15, 0.2) is 215 Å². The molecule has 268 valence electrons. The number of nitrogens with zero attached hydrogens (tertiary/aromatic N) is 2. The molecule has 4 heteroatoms. The molecule has 9 aromatic carbocycles. The summed E-state index contributed by atoms with van der Waals surface area (Å²) < 4.78 is 13.0. The van der Waals surface area contributed by atoms with Gasteiger partial charge in [0.1, 0.15) is 16.7 Å². The smallest absolute Gasteiger partial charge is 0.227 e. The van der Waals surface area contributed by atoms with Gasteiger partial charge in [-0.25, -0.2) is 4.98 Å². The molecule has 57 heavy (non-hydrogen) atoms. The third-order valence-electron chi connectivity index (χ3n) is 10.9. The second kappa shape index (κ2) is 13.6. The molecule has 0 radical (unpaired) electrons. The Morgan fingerprint density at radius 2 is 0.930 bits per heavy atom. The summed E-state index contributed by atoms with van der Waals surface area (Å²) in [4.78, 5) is 7.36. The number of para-hydroxylation sites is 1. The zero-order chi connectivity index (χ0) is 37.7. The van der Waals surface area contributed by atoms with Crippen LogP contribution >= 0.6 is 0 Å². The number of oxazole rings is 1. The predicted octanol–water partition coefficient (Wildman–Crippen LogP) is 15.0. The Morgan fingerprint density at radius 3 is 1.70 bits per heavy atom. The highest BCUT2D eigenvalue weighted by molar-refractivity contribution is 6.06. The number of hydrogen-bond donors (Lipinski definition) is 0. The molecule has 4 nitrogen and oxygen atoms in total. The van der Waals surface area contributed by atoms with Gasteiger partial charge in [-0.15, -0.1) is 0 Å². The fourth-order valence-electron chi connectivity index (χ4n) is 8.05. The van der Waals surface area contributed by atoms with Gasteiger partial charge < -0.3 is 13.7 Å². The van der Waals surface area contributed by atoms with Crippen molar-refractivity contribution in [3.05, 3.63) is 206 Å². The highest BCUT2D eigenvalue weighted by Crippen LogP contribution is 2.42. The number of rotatable bonds is 7. The van der Waals surface area contributed by atoms with E-state index in [1.165, 1.54) is 16.3 Å². The minimum absolute atomic E-state index is 0.603. The summed E-state index contributed by atoms with van der Waals surface area (Å²) in [7, 11) is 0. The number of anilines is 3. The predicted molar refractivity (Wildman–Crippen MR) is 235 cm³/mol. The Kier molecular flexibility index (Phi) is 7.78. The quantitative estimate of drug-likeness (QED) is 0.164. The van der Waals surface area contributed by atoms with E-state index in [4.69, 9.17) is 13.8 Å². The lowest BCUT2D eigenvalue weighted by Crippen LogP contribution is -2.09. The van der Waals surface area contributed by atoms with Crippen LogP contribution in [0.3, 0.4) is 0 Å². The van der Waals surface area contributed by atoms with Gasteiger partial charge >= 0.3 is 0 Å². The van der Waals surface area contributed by atoms with Gasteiger partial charge in [-0.3, -0.25) is 0 Å². The lowest BCUT2D eigenvalue weighted by atomic mass is 9.98. The molecule has 0 bridgehead atoms. The van der Waals surface area contributed by atoms with Crippen LogP contribution in [-0.2, 0) is 0 Å². The largest absolute Gasteiger partial charge is 0.456 e. The van der Waals surface area contributed by atoms with E-state index in [2.05, 4.69) is 163 Å². The van der Waals surface area contributed by atoms with E-state index in [1.54, 1.807) is 0 Å². The van der Waals surface area contributed by atoms with E-state index in [0.29, 0.717) is 5.89 Å². The van der Waals surface area contributed by atoms with Gasteiger partial charge in [0.05, 0.1) is 0 Å². The number of benzene rings is 9. The van der Waals surface area contributed by atoms with E-state index in [1.807, 2.05) is 48.5 Å². The molecule has 11 rings (SSSR count). The monoisotopic (exact) mass is 730 g/mol. The highest BCUT2D eigenvalue weighted by atomic mass is 16.3. The van der Waals surface area contributed by atoms with Gasteiger partial charge in [-0.1, -0.05) is 133 Å². The molecule has 0 aliphatic heterocycles. The first-order chi connectivity index (χ1) is 28.2. The van der Waals surface area contributed by atoms with Crippen LogP contribution < -0.4 is 4.90 Å². The maximum Gasteiger partial charge on any atom is 0.227 e. The van der Waals surface area contributed by atoms with Crippen LogP contribution in [0.1, 0.15) is 0 Å². The molecule has 0 amide bonds. The van der Waals surface area contributed by atoms with Crippen LogP contribution in [0.4, 0.5) is 17.1 Å². The Hall–Kier alpha value is -7.69. The summed E-state index contributed by atoms with van der Waals surface area (Å²) >= 11 is 0. The number of furan rings is 1. The van der Waals surface area contributed by atoms with Crippen molar-refractivity contribution >= 4 is 60.9 Å². The third-order valence-corrected chi connectivity index (χ3v) is 10.9. The van der Waals surface area contributed by atoms with Crippen LogP contribution in [0, 0.1) is 0 Å². The molecule has 2 heterocycles. The van der Waals surface area contributed by atoms with E-state index >= 15 is 0 Å². The van der Waals surface area contributed by atoms with Crippen LogP contribution in [-0.4, -0.2) is 4.98 Å². The minimum Gasteiger partial charge on any atom is -0.456 e. The normalized spacial score (nSPS) is 11.5. The molecular formula is C53H34N2O2. The average molecular weight is 731 g/mol. The topological polar surface area (TPSA) is 42.4 Å². The Bertz CT molecular complexity index is 3220. The van der Waals surface area contributed by atoms with E-state index in [-0.39, 0.29) is 0 Å². The van der Waals surface area contributed by atoms with Gasteiger partial charge in [0.25, 0.3) is 0 Å². The molecule has 0 fully saturated rings. The molecule has 11 aromatic rings. The molecule has 0 saturated heterocycles. The maximum absolute atomic E-state index is 6.62. The molecule has 0 atom stereocenters. The minimum atomic E-state index is 0.603. The molecule has 0 saturated carbocycles. The summed E-state index contributed by atoms with van der Waals surface area (Å²) in [5.41, 5.74) is 13.9. The number of hydrogen-bond acceptors (Lipinski definition) is 4. The van der Waals surface area contributed by atoms with Crippen molar-refractivity contribution in [2.75, 3.05) is 4.90 Å². The van der Waals surface area contributed by atoms with Gasteiger partial charge in [-0.2, -0.15) is 0 Å². The highest BCUT2D eigenvalue weighted by Gasteiger charge is 2.20. The molecule has 2 aromatic heterocycles. The zero-order valence-electron chi connectivity index (χ0n) is 30.8. The van der Waals surface area contributed by atoms with Crippen LogP contribution in [0.2, 0.25) is 0 Å². The maximum atomic E-state index is 6.62. The first-order valence-corrected chi connectivity index (χ1v) is 19.2. The summed E-state index contributed by atoms with van der Waals surface area (Å²) in [5, 5.41) is 4.68. The lowest BCUT2D eigenvalue weighted by molar-refractivity contribution is 0.621.